The number of pyridine rings is 1. The summed E-state index contributed by atoms with van der Waals surface area (Å²) in [6, 6.07) is 4.34. The molecule has 1 aliphatic carbocycles. The lowest BCUT2D eigenvalue weighted by Gasteiger charge is -2.18. The van der Waals surface area contributed by atoms with Gasteiger partial charge in [0.05, 0.1) is 5.69 Å². The molecular formula is C12H15N. The third kappa shape index (κ3) is 1.51. The van der Waals surface area contributed by atoms with E-state index in [2.05, 4.69) is 50.0 Å². The maximum Gasteiger partial charge on any atom is 0.0665 e. The van der Waals surface area contributed by atoms with Crippen LogP contribution in [0.4, 0.5) is 0 Å². The van der Waals surface area contributed by atoms with Crippen LogP contribution in [0.3, 0.4) is 0 Å². The number of nitrogens with zero attached hydrogens (tertiary/aromatic N) is 1. The molecule has 0 aromatic carbocycles. The highest BCUT2D eigenvalue weighted by molar-refractivity contribution is 5.56. The van der Waals surface area contributed by atoms with Gasteiger partial charge in [0.15, 0.2) is 0 Å². The van der Waals surface area contributed by atoms with E-state index in [4.69, 9.17) is 0 Å². The summed E-state index contributed by atoms with van der Waals surface area (Å²) in [6.45, 7) is 6.58. The SMILES string of the molecule is CC(C)(C)c1ccc2c(n1)C=CC2. The molecule has 0 saturated carbocycles. The van der Waals surface area contributed by atoms with Gasteiger partial charge in [-0.05, 0) is 24.1 Å². The van der Waals surface area contributed by atoms with Gasteiger partial charge in [0.1, 0.15) is 0 Å². The van der Waals surface area contributed by atoms with Gasteiger partial charge < -0.3 is 0 Å². The van der Waals surface area contributed by atoms with Crippen LogP contribution >= 0.6 is 0 Å². The van der Waals surface area contributed by atoms with E-state index in [0.29, 0.717) is 0 Å². The second kappa shape index (κ2) is 2.69. The largest absolute Gasteiger partial charge is 0.253 e. The van der Waals surface area contributed by atoms with E-state index in [0.717, 1.165) is 12.1 Å². The molecule has 1 aliphatic rings. The Morgan fingerprint density at radius 3 is 2.69 bits per heavy atom. The summed E-state index contributed by atoms with van der Waals surface area (Å²) in [6.07, 6.45) is 5.33. The molecule has 0 N–H and O–H groups in total. The molecule has 13 heavy (non-hydrogen) atoms. The van der Waals surface area contributed by atoms with Crippen molar-refractivity contribution in [2.45, 2.75) is 32.6 Å². The van der Waals surface area contributed by atoms with Crippen molar-refractivity contribution >= 4 is 6.08 Å². The molecular weight excluding hydrogens is 158 g/mol. The fourth-order valence-electron chi connectivity index (χ4n) is 1.54. The predicted molar refractivity (Wildman–Crippen MR) is 55.7 cm³/mol. The first-order valence-corrected chi connectivity index (χ1v) is 4.74. The molecule has 0 radical (unpaired) electrons. The van der Waals surface area contributed by atoms with E-state index in [1.54, 1.807) is 0 Å². The van der Waals surface area contributed by atoms with Crippen molar-refractivity contribution in [1.82, 2.24) is 4.98 Å². The monoisotopic (exact) mass is 173 g/mol. The smallest absolute Gasteiger partial charge is 0.0665 e. The molecule has 1 heteroatoms. The number of hydrogen-bond acceptors (Lipinski definition) is 1. The van der Waals surface area contributed by atoms with Crippen molar-refractivity contribution in [3.05, 3.63) is 35.2 Å². The Balaban J connectivity index is 2.47. The lowest BCUT2D eigenvalue weighted by molar-refractivity contribution is 0.568. The van der Waals surface area contributed by atoms with Crippen LogP contribution < -0.4 is 0 Å². The third-order valence-corrected chi connectivity index (χ3v) is 2.39. The van der Waals surface area contributed by atoms with Gasteiger partial charge in [-0.2, -0.15) is 0 Å². The molecule has 68 valence electrons. The zero-order valence-electron chi connectivity index (χ0n) is 8.46. The minimum atomic E-state index is 0.158. The van der Waals surface area contributed by atoms with Gasteiger partial charge in [-0.3, -0.25) is 4.98 Å². The Morgan fingerprint density at radius 2 is 2.00 bits per heavy atom. The van der Waals surface area contributed by atoms with E-state index in [1.807, 2.05) is 0 Å². The molecule has 0 aliphatic heterocycles. The van der Waals surface area contributed by atoms with Crippen LogP contribution in [0.1, 0.15) is 37.7 Å². The third-order valence-electron chi connectivity index (χ3n) is 2.39. The first-order valence-electron chi connectivity index (χ1n) is 4.74. The molecule has 2 rings (SSSR count). The summed E-state index contributed by atoms with van der Waals surface area (Å²) in [5.74, 6) is 0. The van der Waals surface area contributed by atoms with E-state index >= 15 is 0 Å². The van der Waals surface area contributed by atoms with Crippen LogP contribution in [0.15, 0.2) is 18.2 Å². The zero-order valence-corrected chi connectivity index (χ0v) is 8.46. The summed E-state index contributed by atoms with van der Waals surface area (Å²) in [5, 5.41) is 0. The van der Waals surface area contributed by atoms with Crippen LogP contribution in [0.5, 0.6) is 0 Å². The molecule has 0 spiro atoms. The standard InChI is InChI=1S/C12H15N/c1-12(2,3)11-8-7-9-5-4-6-10(9)13-11/h4,6-8H,5H2,1-3H3. The molecule has 1 nitrogen and oxygen atoms in total. The van der Waals surface area contributed by atoms with Gasteiger partial charge in [-0.15, -0.1) is 0 Å². The molecule has 0 atom stereocenters. The van der Waals surface area contributed by atoms with Gasteiger partial charge in [-0.1, -0.05) is 32.9 Å². The van der Waals surface area contributed by atoms with Crippen molar-refractivity contribution in [3.63, 3.8) is 0 Å². The lowest BCUT2D eigenvalue weighted by atomic mass is 9.91. The topological polar surface area (TPSA) is 12.9 Å². The Hall–Kier alpha value is -1.11. The van der Waals surface area contributed by atoms with Gasteiger partial charge in [0, 0.05) is 11.1 Å². The summed E-state index contributed by atoms with van der Waals surface area (Å²) < 4.78 is 0. The first-order chi connectivity index (χ1) is 6.07. The van der Waals surface area contributed by atoms with E-state index in [-0.39, 0.29) is 5.41 Å². The van der Waals surface area contributed by atoms with Crippen molar-refractivity contribution in [3.8, 4) is 0 Å². The maximum atomic E-state index is 4.64. The second-order valence-corrected chi connectivity index (χ2v) is 4.60. The molecule has 1 aromatic rings. The van der Waals surface area contributed by atoms with Crippen molar-refractivity contribution in [2.24, 2.45) is 0 Å². The predicted octanol–water partition coefficient (Wildman–Crippen LogP) is 2.95. The number of aromatic nitrogens is 1. The number of fused-ring (bicyclic) bond motifs is 1. The normalized spacial score (nSPS) is 14.7. The van der Waals surface area contributed by atoms with E-state index < -0.39 is 0 Å². The van der Waals surface area contributed by atoms with Crippen molar-refractivity contribution < 1.29 is 0 Å². The molecule has 1 heterocycles. The first kappa shape index (κ1) is 8.49. The maximum absolute atomic E-state index is 4.64. The molecule has 0 unspecified atom stereocenters. The Morgan fingerprint density at radius 1 is 1.23 bits per heavy atom. The quantitative estimate of drug-likeness (QED) is 0.587. The van der Waals surface area contributed by atoms with Gasteiger partial charge >= 0.3 is 0 Å². The minimum Gasteiger partial charge on any atom is -0.253 e. The number of hydrogen-bond donors (Lipinski definition) is 0. The lowest BCUT2D eigenvalue weighted by Crippen LogP contribution is -2.14. The van der Waals surface area contributed by atoms with Gasteiger partial charge in [-0.25, -0.2) is 0 Å². The minimum absolute atomic E-state index is 0.158. The van der Waals surface area contributed by atoms with E-state index in [1.165, 1.54) is 11.3 Å². The molecule has 0 fully saturated rings. The van der Waals surface area contributed by atoms with Crippen LogP contribution in [0, 0.1) is 0 Å². The highest BCUT2D eigenvalue weighted by Crippen LogP contribution is 2.24. The van der Waals surface area contributed by atoms with Crippen molar-refractivity contribution in [2.75, 3.05) is 0 Å². The Labute approximate surface area is 79.5 Å². The summed E-state index contributed by atoms with van der Waals surface area (Å²) in [5.41, 5.74) is 3.85. The molecule has 1 aromatic heterocycles. The molecule has 0 bridgehead atoms. The number of rotatable bonds is 0. The molecule has 0 amide bonds. The van der Waals surface area contributed by atoms with Crippen molar-refractivity contribution in [1.29, 1.82) is 0 Å². The molecule has 0 saturated heterocycles. The zero-order chi connectivity index (χ0) is 9.47. The second-order valence-electron chi connectivity index (χ2n) is 4.60. The van der Waals surface area contributed by atoms with Crippen LogP contribution in [-0.2, 0) is 11.8 Å². The highest BCUT2D eigenvalue weighted by Gasteiger charge is 2.17. The van der Waals surface area contributed by atoms with Crippen LogP contribution in [0.2, 0.25) is 0 Å². The van der Waals surface area contributed by atoms with Gasteiger partial charge in [0.2, 0.25) is 0 Å². The van der Waals surface area contributed by atoms with Crippen LogP contribution in [-0.4, -0.2) is 4.98 Å². The summed E-state index contributed by atoms with van der Waals surface area (Å²) in [7, 11) is 0. The number of allylic oxidation sites excluding steroid dienone is 1. The fourth-order valence-corrected chi connectivity index (χ4v) is 1.54. The fraction of sp³-hybridized carbons (Fsp3) is 0.417. The Bertz CT molecular complexity index is 356. The summed E-state index contributed by atoms with van der Waals surface area (Å²) >= 11 is 0. The summed E-state index contributed by atoms with van der Waals surface area (Å²) in [4.78, 5) is 4.64. The average Bonchev–Trinajstić information content (AvgIpc) is 2.47. The highest BCUT2D eigenvalue weighted by atomic mass is 14.7. The van der Waals surface area contributed by atoms with Gasteiger partial charge in [0.25, 0.3) is 0 Å². The van der Waals surface area contributed by atoms with E-state index in [9.17, 15) is 0 Å². The van der Waals surface area contributed by atoms with Crippen LogP contribution in [0.25, 0.3) is 6.08 Å². The average molecular weight is 173 g/mol. The Kier molecular flexibility index (Phi) is 1.76.